The quantitative estimate of drug-likeness (QED) is 0.885. The van der Waals surface area contributed by atoms with Crippen LogP contribution in [-0.4, -0.2) is 32.3 Å². The maximum absolute atomic E-state index is 12.1. The van der Waals surface area contributed by atoms with Crippen LogP contribution in [0, 0.1) is 0 Å². The molecule has 0 radical (unpaired) electrons. The van der Waals surface area contributed by atoms with Gasteiger partial charge in [0.1, 0.15) is 5.75 Å². The number of benzene rings is 1. The molecule has 4 nitrogen and oxygen atoms in total. The predicted octanol–water partition coefficient (Wildman–Crippen LogP) is 2.99. The average Bonchev–Trinajstić information content (AvgIpc) is 3.15. The Hall–Kier alpha value is -1.85. The lowest BCUT2D eigenvalue weighted by molar-refractivity contribution is -0.123. The fourth-order valence-corrected chi connectivity index (χ4v) is 3.82. The van der Waals surface area contributed by atoms with E-state index in [9.17, 15) is 4.79 Å². The molecule has 0 bridgehead atoms. The van der Waals surface area contributed by atoms with Gasteiger partial charge in [0.25, 0.3) is 5.91 Å². The molecule has 0 saturated carbocycles. The summed E-state index contributed by atoms with van der Waals surface area (Å²) in [6.07, 6.45) is 1.88. The minimum Gasteiger partial charge on any atom is -0.484 e. The van der Waals surface area contributed by atoms with Gasteiger partial charge in [-0.25, -0.2) is 0 Å². The zero-order valence-corrected chi connectivity index (χ0v) is 13.8. The highest BCUT2D eigenvalue weighted by molar-refractivity contribution is 7.10. The van der Waals surface area contributed by atoms with Crippen molar-refractivity contribution in [3.05, 3.63) is 52.7 Å². The number of carbonyl (C=O) groups excluding carboxylic acids is 1. The molecular formula is C18H21NO3S. The van der Waals surface area contributed by atoms with Gasteiger partial charge in [0.2, 0.25) is 0 Å². The Kier molecular flexibility index (Phi) is 5.31. The second-order valence-electron chi connectivity index (χ2n) is 5.75. The van der Waals surface area contributed by atoms with Crippen molar-refractivity contribution < 1.29 is 14.3 Å². The molecule has 3 rings (SSSR count). The van der Waals surface area contributed by atoms with Gasteiger partial charge in [-0.15, -0.1) is 11.3 Å². The molecule has 0 spiro atoms. The first-order valence-corrected chi connectivity index (χ1v) is 8.73. The Bertz CT molecular complexity index is 606. The third-order valence-electron chi connectivity index (χ3n) is 4.23. The van der Waals surface area contributed by atoms with Crippen molar-refractivity contribution in [1.29, 1.82) is 0 Å². The van der Waals surface area contributed by atoms with E-state index in [-0.39, 0.29) is 17.9 Å². The van der Waals surface area contributed by atoms with Crippen LogP contribution in [0.15, 0.2) is 47.8 Å². The highest BCUT2D eigenvalue weighted by Gasteiger charge is 2.35. The van der Waals surface area contributed by atoms with Crippen LogP contribution >= 0.6 is 11.3 Å². The highest BCUT2D eigenvalue weighted by Crippen LogP contribution is 2.36. The Morgan fingerprint density at radius 2 is 1.96 bits per heavy atom. The normalized spacial score (nSPS) is 16.7. The van der Waals surface area contributed by atoms with E-state index in [1.807, 2.05) is 30.3 Å². The summed E-state index contributed by atoms with van der Waals surface area (Å²) in [5.41, 5.74) is -0.00514. The zero-order valence-electron chi connectivity index (χ0n) is 13.0. The third kappa shape index (κ3) is 4.12. The van der Waals surface area contributed by atoms with Gasteiger partial charge in [-0.1, -0.05) is 24.3 Å². The molecule has 0 aliphatic carbocycles. The fraction of sp³-hybridized carbons (Fsp3) is 0.389. The first-order valence-electron chi connectivity index (χ1n) is 7.85. The van der Waals surface area contributed by atoms with Crippen molar-refractivity contribution >= 4 is 17.2 Å². The molecule has 23 heavy (non-hydrogen) atoms. The molecule has 1 N–H and O–H groups in total. The molecule has 0 atom stereocenters. The lowest BCUT2D eigenvalue weighted by atomic mass is 9.78. The van der Waals surface area contributed by atoms with Gasteiger partial charge < -0.3 is 14.8 Å². The van der Waals surface area contributed by atoms with Gasteiger partial charge >= 0.3 is 0 Å². The van der Waals surface area contributed by atoms with E-state index < -0.39 is 0 Å². The Balaban J connectivity index is 1.55. The monoisotopic (exact) mass is 331 g/mol. The molecule has 2 heterocycles. The predicted molar refractivity (Wildman–Crippen MR) is 91.0 cm³/mol. The number of ether oxygens (including phenoxy) is 2. The van der Waals surface area contributed by atoms with Crippen molar-refractivity contribution in [2.75, 3.05) is 26.4 Å². The van der Waals surface area contributed by atoms with Crippen molar-refractivity contribution in [2.45, 2.75) is 18.3 Å². The van der Waals surface area contributed by atoms with Crippen LogP contribution in [0.4, 0.5) is 0 Å². The van der Waals surface area contributed by atoms with Crippen LogP contribution in [0.5, 0.6) is 5.75 Å². The molecular weight excluding hydrogens is 310 g/mol. The Labute approximate surface area is 140 Å². The molecule has 1 aliphatic rings. The van der Waals surface area contributed by atoms with Crippen LogP contribution in [0.25, 0.3) is 0 Å². The lowest BCUT2D eigenvalue weighted by Gasteiger charge is -2.36. The van der Waals surface area contributed by atoms with Crippen molar-refractivity contribution in [1.82, 2.24) is 5.32 Å². The van der Waals surface area contributed by atoms with Crippen molar-refractivity contribution in [3.8, 4) is 5.75 Å². The second-order valence-corrected chi connectivity index (χ2v) is 6.70. The number of nitrogens with one attached hydrogen (secondary N) is 1. The number of amides is 1. The number of rotatable bonds is 6. The second kappa shape index (κ2) is 7.62. The summed E-state index contributed by atoms with van der Waals surface area (Å²) >= 11 is 1.75. The Morgan fingerprint density at radius 1 is 1.17 bits per heavy atom. The lowest BCUT2D eigenvalue weighted by Crippen LogP contribution is -2.45. The summed E-state index contributed by atoms with van der Waals surface area (Å²) in [5.74, 6) is 0.623. The first-order chi connectivity index (χ1) is 11.3. The summed E-state index contributed by atoms with van der Waals surface area (Å²) in [4.78, 5) is 13.4. The zero-order chi connectivity index (χ0) is 16.0. The van der Waals surface area contributed by atoms with Gasteiger partial charge in [-0.2, -0.15) is 0 Å². The summed E-state index contributed by atoms with van der Waals surface area (Å²) < 4.78 is 11.0. The van der Waals surface area contributed by atoms with E-state index in [1.54, 1.807) is 11.3 Å². The number of hydrogen-bond acceptors (Lipinski definition) is 4. The summed E-state index contributed by atoms with van der Waals surface area (Å²) in [6.45, 7) is 2.16. The molecule has 5 heteroatoms. The topological polar surface area (TPSA) is 47.6 Å². The molecule has 1 aromatic carbocycles. The minimum atomic E-state index is -0.0868. The molecule has 2 aromatic rings. The van der Waals surface area contributed by atoms with E-state index >= 15 is 0 Å². The van der Waals surface area contributed by atoms with E-state index in [0.717, 1.165) is 26.1 Å². The summed E-state index contributed by atoms with van der Waals surface area (Å²) in [7, 11) is 0. The number of para-hydroxylation sites is 1. The number of carbonyl (C=O) groups is 1. The van der Waals surface area contributed by atoms with Crippen LogP contribution < -0.4 is 10.1 Å². The van der Waals surface area contributed by atoms with E-state index in [0.29, 0.717) is 12.3 Å². The van der Waals surface area contributed by atoms with Crippen LogP contribution in [0.3, 0.4) is 0 Å². The fourth-order valence-electron chi connectivity index (χ4n) is 2.84. The van der Waals surface area contributed by atoms with Crippen molar-refractivity contribution in [3.63, 3.8) is 0 Å². The van der Waals surface area contributed by atoms with E-state index in [1.165, 1.54) is 4.88 Å². The molecule has 1 saturated heterocycles. The summed E-state index contributed by atoms with van der Waals surface area (Å²) in [6, 6.07) is 13.6. The first kappa shape index (κ1) is 16.0. The standard InChI is InChI=1S/C18H21NO3S/c20-17(13-22-15-5-2-1-3-6-15)19-14-18(8-10-21-11-9-18)16-7-4-12-23-16/h1-7,12H,8-11,13-14H2,(H,19,20). The maximum atomic E-state index is 12.1. The van der Waals surface area contributed by atoms with Gasteiger partial charge in [-0.3, -0.25) is 4.79 Å². The van der Waals surface area contributed by atoms with Gasteiger partial charge in [0.05, 0.1) is 0 Å². The van der Waals surface area contributed by atoms with Crippen LogP contribution in [-0.2, 0) is 14.9 Å². The molecule has 0 unspecified atom stereocenters. The molecule has 1 aliphatic heterocycles. The third-order valence-corrected chi connectivity index (χ3v) is 5.35. The largest absolute Gasteiger partial charge is 0.484 e. The van der Waals surface area contributed by atoms with Crippen molar-refractivity contribution in [2.24, 2.45) is 0 Å². The van der Waals surface area contributed by atoms with E-state index in [4.69, 9.17) is 9.47 Å². The molecule has 1 fully saturated rings. The van der Waals surface area contributed by atoms with Crippen LogP contribution in [0.1, 0.15) is 17.7 Å². The molecule has 122 valence electrons. The molecule has 1 aromatic heterocycles. The number of thiophene rings is 1. The average molecular weight is 331 g/mol. The minimum absolute atomic E-state index is 0.00514. The van der Waals surface area contributed by atoms with Gasteiger partial charge in [0.15, 0.2) is 6.61 Å². The highest BCUT2D eigenvalue weighted by atomic mass is 32.1. The SMILES string of the molecule is O=C(COc1ccccc1)NCC1(c2cccs2)CCOCC1. The van der Waals surface area contributed by atoms with Gasteiger partial charge in [-0.05, 0) is 36.4 Å². The van der Waals surface area contributed by atoms with E-state index in [2.05, 4.69) is 22.8 Å². The maximum Gasteiger partial charge on any atom is 0.257 e. The summed E-state index contributed by atoms with van der Waals surface area (Å²) in [5, 5.41) is 5.13. The molecule has 1 amide bonds. The smallest absolute Gasteiger partial charge is 0.257 e. The Morgan fingerprint density at radius 3 is 2.65 bits per heavy atom. The van der Waals surface area contributed by atoms with Gasteiger partial charge in [0, 0.05) is 30.1 Å². The number of hydrogen-bond donors (Lipinski definition) is 1. The van der Waals surface area contributed by atoms with Crippen LogP contribution in [0.2, 0.25) is 0 Å².